The lowest BCUT2D eigenvalue weighted by Crippen LogP contribution is -2.54. The normalized spacial score (nSPS) is 25.3. The lowest BCUT2D eigenvalue weighted by atomic mass is 9.83. The highest BCUT2D eigenvalue weighted by Crippen LogP contribution is 2.38. The molecular formula is C27H33FN6O2. The first-order valence-corrected chi connectivity index (χ1v) is 12.8. The molecule has 0 bridgehead atoms. The van der Waals surface area contributed by atoms with E-state index in [1.54, 1.807) is 0 Å². The van der Waals surface area contributed by atoms with Gasteiger partial charge in [0.1, 0.15) is 17.9 Å². The van der Waals surface area contributed by atoms with Crippen LogP contribution in [0.1, 0.15) is 67.9 Å². The van der Waals surface area contributed by atoms with E-state index in [0.29, 0.717) is 19.5 Å². The minimum Gasteiger partial charge on any atom is -0.374 e. The number of aliphatic hydroxyl groups is 1. The molecule has 2 fully saturated rings. The zero-order chi connectivity index (χ0) is 25.3. The second kappa shape index (κ2) is 10.1. The average Bonchev–Trinajstić information content (AvgIpc) is 3.40. The number of allylic oxidation sites excluding steroid dienone is 2. The van der Waals surface area contributed by atoms with Gasteiger partial charge in [0.15, 0.2) is 5.82 Å². The van der Waals surface area contributed by atoms with Crippen LogP contribution in [0.15, 0.2) is 36.5 Å². The Morgan fingerprint density at radius 2 is 2.14 bits per heavy atom. The molecule has 3 aliphatic rings. The summed E-state index contributed by atoms with van der Waals surface area (Å²) in [4.78, 5) is 14.4. The van der Waals surface area contributed by atoms with Crippen LogP contribution < -0.4 is 11.1 Å². The molecule has 0 radical (unpaired) electrons. The predicted molar refractivity (Wildman–Crippen MR) is 134 cm³/mol. The maximum atomic E-state index is 15.9. The van der Waals surface area contributed by atoms with Gasteiger partial charge in [-0.15, -0.1) is 0 Å². The van der Waals surface area contributed by atoms with Crippen molar-refractivity contribution in [2.75, 3.05) is 18.4 Å². The van der Waals surface area contributed by atoms with Gasteiger partial charge in [-0.25, -0.2) is 4.39 Å². The minimum absolute atomic E-state index is 0.0629. The molecule has 1 amide bonds. The molecule has 4 N–H and O–H groups in total. The Morgan fingerprint density at radius 3 is 2.75 bits per heavy atom. The van der Waals surface area contributed by atoms with E-state index >= 15 is 4.39 Å². The summed E-state index contributed by atoms with van der Waals surface area (Å²) in [6.45, 7) is 1.36. The number of hydrogen-bond acceptors (Lipinski definition) is 6. The number of aromatic nitrogens is 2. The number of benzene rings is 1. The van der Waals surface area contributed by atoms with Crippen LogP contribution in [0.5, 0.6) is 0 Å². The van der Waals surface area contributed by atoms with E-state index in [1.807, 2.05) is 0 Å². The molecule has 190 valence electrons. The Labute approximate surface area is 210 Å². The number of nitrogens with two attached hydrogens (primary N) is 1. The molecule has 1 saturated carbocycles. The van der Waals surface area contributed by atoms with Gasteiger partial charge in [-0.2, -0.15) is 10.4 Å². The van der Waals surface area contributed by atoms with Crippen molar-refractivity contribution in [2.24, 2.45) is 11.7 Å². The quantitative estimate of drug-likeness (QED) is 0.484. The summed E-state index contributed by atoms with van der Waals surface area (Å²) in [6.07, 6.45) is 6.41. The third kappa shape index (κ3) is 4.94. The van der Waals surface area contributed by atoms with Crippen molar-refractivity contribution >= 4 is 17.3 Å². The van der Waals surface area contributed by atoms with Gasteiger partial charge in [0.2, 0.25) is 5.91 Å². The van der Waals surface area contributed by atoms with E-state index in [0.717, 1.165) is 31.2 Å². The number of nitrogens with one attached hydrogen (secondary N) is 1. The third-order valence-electron chi connectivity index (χ3n) is 7.73. The Morgan fingerprint density at radius 1 is 1.36 bits per heavy atom. The van der Waals surface area contributed by atoms with Gasteiger partial charge in [-0.3, -0.25) is 14.4 Å². The minimum atomic E-state index is -1.38. The van der Waals surface area contributed by atoms with Gasteiger partial charge in [0.05, 0.1) is 18.1 Å². The Bertz CT molecular complexity index is 1180. The van der Waals surface area contributed by atoms with E-state index in [4.69, 9.17) is 5.73 Å². The number of carbonyl (C=O) groups is 1. The Kier molecular flexibility index (Phi) is 6.93. The molecule has 1 aromatic carbocycles. The second-order valence-electron chi connectivity index (χ2n) is 10.3. The lowest BCUT2D eigenvalue weighted by molar-refractivity contribution is -0.117. The maximum absolute atomic E-state index is 15.9. The summed E-state index contributed by atoms with van der Waals surface area (Å²) in [7, 11) is 0. The molecule has 2 aliphatic carbocycles. The third-order valence-corrected chi connectivity index (χ3v) is 7.73. The molecule has 3 unspecified atom stereocenters. The molecule has 2 aromatic rings. The molecule has 1 aromatic heterocycles. The van der Waals surface area contributed by atoms with Crippen LogP contribution in [0, 0.1) is 17.2 Å². The standard InChI is InChI=1S/C27H33FN6O2/c28-23-17-33(15-18-5-7-20(8-6-18)19-3-1-2-4-19)14-12-27(23,11-13-29)34-16-22(24(30)35)25(32-34)31-26(36)21-9-10-21/h3,5-8,16,21,23-24,35H,1-2,4,9-12,14-15,17,30H2,(H,31,32,36). The van der Waals surface area contributed by atoms with Crippen LogP contribution in [0.3, 0.4) is 0 Å². The smallest absolute Gasteiger partial charge is 0.228 e. The number of aliphatic hydroxyl groups excluding tert-OH is 1. The fourth-order valence-corrected chi connectivity index (χ4v) is 5.32. The molecular weight excluding hydrogens is 459 g/mol. The molecule has 1 aliphatic heterocycles. The summed E-state index contributed by atoms with van der Waals surface area (Å²) >= 11 is 0. The number of rotatable bonds is 8. The SMILES string of the molecule is N#CCC1(n2cc(C(N)O)c(NC(=O)C3CC3)n2)CCN(Cc2ccc(C3=CCCC3)cc2)CC1F. The van der Waals surface area contributed by atoms with Crippen LogP contribution in [-0.2, 0) is 16.9 Å². The van der Waals surface area contributed by atoms with Crippen LogP contribution in [0.2, 0.25) is 0 Å². The second-order valence-corrected chi connectivity index (χ2v) is 10.3. The zero-order valence-corrected chi connectivity index (χ0v) is 20.4. The molecule has 3 atom stereocenters. The van der Waals surface area contributed by atoms with E-state index in [-0.39, 0.29) is 36.2 Å². The van der Waals surface area contributed by atoms with Gasteiger partial charge in [-0.1, -0.05) is 30.3 Å². The number of nitriles is 1. The van der Waals surface area contributed by atoms with Gasteiger partial charge < -0.3 is 16.2 Å². The lowest BCUT2D eigenvalue weighted by Gasteiger charge is -2.43. The number of carbonyl (C=O) groups excluding carboxylic acids is 1. The summed E-state index contributed by atoms with van der Waals surface area (Å²) in [5, 5.41) is 26.8. The molecule has 5 rings (SSSR count). The van der Waals surface area contributed by atoms with Crippen LogP contribution in [-0.4, -0.2) is 45.0 Å². The van der Waals surface area contributed by atoms with Crippen LogP contribution >= 0.6 is 0 Å². The van der Waals surface area contributed by atoms with Gasteiger partial charge >= 0.3 is 0 Å². The molecule has 0 spiro atoms. The maximum Gasteiger partial charge on any atom is 0.228 e. The van der Waals surface area contributed by atoms with E-state index in [9.17, 15) is 15.2 Å². The molecule has 36 heavy (non-hydrogen) atoms. The first-order chi connectivity index (χ1) is 17.4. The van der Waals surface area contributed by atoms with Crippen molar-refractivity contribution in [3.8, 4) is 6.07 Å². The fraction of sp³-hybridized carbons (Fsp3) is 0.519. The van der Waals surface area contributed by atoms with E-state index in [1.165, 1.54) is 28.4 Å². The monoisotopic (exact) mass is 492 g/mol. The van der Waals surface area contributed by atoms with Crippen LogP contribution in [0.25, 0.3) is 5.57 Å². The van der Waals surface area contributed by atoms with E-state index < -0.39 is 17.9 Å². The number of amides is 1. The fourth-order valence-electron chi connectivity index (χ4n) is 5.32. The number of nitrogens with zero attached hydrogens (tertiary/aromatic N) is 4. The van der Waals surface area contributed by atoms with E-state index in [2.05, 4.69) is 51.7 Å². The largest absolute Gasteiger partial charge is 0.374 e. The number of likely N-dealkylation sites (tertiary alicyclic amines) is 1. The highest BCUT2D eigenvalue weighted by atomic mass is 19.1. The summed E-state index contributed by atoms with van der Waals surface area (Å²) in [6, 6.07) is 10.6. The summed E-state index contributed by atoms with van der Waals surface area (Å²) < 4.78 is 17.3. The Balaban J connectivity index is 1.31. The van der Waals surface area contributed by atoms with Crippen LogP contribution in [0.4, 0.5) is 10.2 Å². The number of anilines is 1. The van der Waals surface area contributed by atoms with Crippen molar-refractivity contribution in [2.45, 2.75) is 69.4 Å². The first-order valence-electron chi connectivity index (χ1n) is 12.8. The van der Waals surface area contributed by atoms with Gasteiger partial charge in [0, 0.05) is 31.7 Å². The molecule has 2 heterocycles. The van der Waals surface area contributed by atoms with Crippen molar-refractivity contribution in [3.63, 3.8) is 0 Å². The topological polar surface area (TPSA) is 120 Å². The molecule has 8 nitrogen and oxygen atoms in total. The van der Waals surface area contributed by atoms with Crippen molar-refractivity contribution in [1.82, 2.24) is 14.7 Å². The average molecular weight is 493 g/mol. The molecule has 9 heteroatoms. The number of hydrogen-bond donors (Lipinski definition) is 3. The highest BCUT2D eigenvalue weighted by molar-refractivity contribution is 5.93. The predicted octanol–water partition coefficient (Wildman–Crippen LogP) is 3.60. The highest BCUT2D eigenvalue weighted by Gasteiger charge is 2.46. The van der Waals surface area contributed by atoms with Gasteiger partial charge in [0.25, 0.3) is 0 Å². The van der Waals surface area contributed by atoms with Crippen molar-refractivity contribution in [1.29, 1.82) is 5.26 Å². The first kappa shape index (κ1) is 24.6. The van der Waals surface area contributed by atoms with Gasteiger partial charge in [-0.05, 0) is 55.2 Å². The summed E-state index contributed by atoms with van der Waals surface area (Å²) in [5.74, 6) is -0.114. The van der Waals surface area contributed by atoms with Crippen molar-refractivity contribution < 1.29 is 14.3 Å². The summed E-state index contributed by atoms with van der Waals surface area (Å²) in [5.41, 5.74) is 8.51. The number of alkyl halides is 1. The molecule has 1 saturated heterocycles. The zero-order valence-electron chi connectivity index (χ0n) is 20.4. The Hall–Kier alpha value is -3.06. The number of halogens is 1. The number of piperidine rings is 1. The van der Waals surface area contributed by atoms with Crippen molar-refractivity contribution in [3.05, 3.63) is 53.2 Å².